The number of hydrogen-bond donors (Lipinski definition) is 2. The molecule has 1 aromatic rings. The van der Waals surface area contributed by atoms with E-state index in [1.54, 1.807) is 0 Å². The molecule has 2 N–H and O–H groups in total. The second kappa shape index (κ2) is 9.48. The minimum atomic E-state index is -0.477. The largest absolute Gasteiger partial charge is 0.444 e. The number of hydrogen-bond acceptors (Lipinski definition) is 4. The molecule has 2 aliphatic heterocycles. The first kappa shape index (κ1) is 21.4. The van der Waals surface area contributed by atoms with Gasteiger partial charge in [0.1, 0.15) is 5.60 Å². The van der Waals surface area contributed by atoms with Gasteiger partial charge in [-0.25, -0.2) is 4.79 Å². The van der Waals surface area contributed by atoms with Gasteiger partial charge in [-0.1, -0.05) is 24.3 Å². The number of nitrogens with one attached hydrogen (secondary N) is 2. The highest BCUT2D eigenvalue weighted by molar-refractivity contribution is 5.80. The summed E-state index contributed by atoms with van der Waals surface area (Å²) in [6, 6.07) is 8.80. The van der Waals surface area contributed by atoms with Crippen LogP contribution in [0.15, 0.2) is 29.3 Å². The van der Waals surface area contributed by atoms with E-state index >= 15 is 0 Å². The Bertz CT molecular complexity index is 728. The number of carbonyl (C=O) groups is 1. The van der Waals surface area contributed by atoms with E-state index < -0.39 is 5.60 Å². The van der Waals surface area contributed by atoms with Crippen molar-refractivity contribution in [2.24, 2.45) is 4.99 Å². The third-order valence-electron chi connectivity index (χ3n) is 5.34. The quantitative estimate of drug-likeness (QED) is 0.598. The van der Waals surface area contributed by atoms with Crippen molar-refractivity contribution in [2.75, 3.05) is 39.8 Å². The standard InChI is InChI=1S/C22H35N5O2/c1-22(2,3)29-21(28)25-19-10-13-27(16-19)20(23-4)24-11-14-26-12-9-17-7-5-6-8-18(17)15-26/h5-8,19H,9-16H2,1-4H3,(H,23,24)(H,25,28). The average molecular weight is 402 g/mol. The lowest BCUT2D eigenvalue weighted by atomic mass is 10.00. The minimum absolute atomic E-state index is 0.0852. The minimum Gasteiger partial charge on any atom is -0.444 e. The molecule has 2 heterocycles. The summed E-state index contributed by atoms with van der Waals surface area (Å²) in [5, 5.41) is 6.45. The van der Waals surface area contributed by atoms with Crippen LogP contribution in [0.3, 0.4) is 0 Å². The van der Waals surface area contributed by atoms with Crippen molar-refractivity contribution in [1.82, 2.24) is 20.4 Å². The third kappa shape index (κ3) is 6.35. The van der Waals surface area contributed by atoms with E-state index in [-0.39, 0.29) is 12.1 Å². The van der Waals surface area contributed by atoms with Crippen LogP contribution in [-0.4, -0.2) is 73.3 Å². The predicted molar refractivity (Wildman–Crippen MR) is 116 cm³/mol. The van der Waals surface area contributed by atoms with Gasteiger partial charge in [0.15, 0.2) is 5.96 Å². The number of alkyl carbamates (subject to hydrolysis) is 1. The Labute approximate surface area is 174 Å². The van der Waals surface area contributed by atoms with Crippen LogP contribution in [-0.2, 0) is 17.7 Å². The fraction of sp³-hybridized carbons (Fsp3) is 0.636. The van der Waals surface area contributed by atoms with E-state index in [1.165, 1.54) is 11.1 Å². The first-order valence-corrected chi connectivity index (χ1v) is 10.6. The van der Waals surface area contributed by atoms with E-state index in [0.717, 1.165) is 58.1 Å². The zero-order valence-corrected chi connectivity index (χ0v) is 18.2. The van der Waals surface area contributed by atoms with Crippen molar-refractivity contribution in [3.8, 4) is 0 Å². The molecule has 1 aromatic carbocycles. The fourth-order valence-electron chi connectivity index (χ4n) is 3.95. The van der Waals surface area contributed by atoms with E-state index in [0.29, 0.717) is 0 Å². The van der Waals surface area contributed by atoms with E-state index in [9.17, 15) is 4.79 Å². The number of carbonyl (C=O) groups excluding carboxylic acids is 1. The van der Waals surface area contributed by atoms with Gasteiger partial charge in [-0.2, -0.15) is 0 Å². The van der Waals surface area contributed by atoms with Gasteiger partial charge in [-0.05, 0) is 44.7 Å². The number of fused-ring (bicyclic) bond motifs is 1. The molecule has 2 aliphatic rings. The molecule has 29 heavy (non-hydrogen) atoms. The zero-order valence-electron chi connectivity index (χ0n) is 18.2. The smallest absolute Gasteiger partial charge is 0.407 e. The molecule has 160 valence electrons. The normalized spacial score (nSPS) is 20.3. The monoisotopic (exact) mass is 401 g/mol. The van der Waals surface area contributed by atoms with E-state index in [4.69, 9.17) is 4.74 Å². The lowest BCUT2D eigenvalue weighted by Crippen LogP contribution is -2.46. The van der Waals surface area contributed by atoms with Gasteiger partial charge < -0.3 is 20.3 Å². The highest BCUT2D eigenvalue weighted by Crippen LogP contribution is 2.18. The van der Waals surface area contributed by atoms with Crippen molar-refractivity contribution in [1.29, 1.82) is 0 Å². The molecular formula is C22H35N5O2. The summed E-state index contributed by atoms with van der Waals surface area (Å²) in [5.41, 5.74) is 2.45. The maximum Gasteiger partial charge on any atom is 0.407 e. The van der Waals surface area contributed by atoms with Gasteiger partial charge in [-0.3, -0.25) is 9.89 Å². The Morgan fingerprint density at radius 1 is 1.24 bits per heavy atom. The molecule has 1 unspecified atom stereocenters. The van der Waals surface area contributed by atoms with Crippen LogP contribution in [0.2, 0.25) is 0 Å². The summed E-state index contributed by atoms with van der Waals surface area (Å²) in [4.78, 5) is 21.1. The molecule has 0 aromatic heterocycles. The Morgan fingerprint density at radius 3 is 2.72 bits per heavy atom. The molecule has 1 amide bonds. The van der Waals surface area contributed by atoms with Gasteiger partial charge in [-0.15, -0.1) is 0 Å². The van der Waals surface area contributed by atoms with Gasteiger partial charge in [0.2, 0.25) is 0 Å². The van der Waals surface area contributed by atoms with Crippen LogP contribution in [0.4, 0.5) is 4.79 Å². The van der Waals surface area contributed by atoms with Crippen LogP contribution in [0, 0.1) is 0 Å². The van der Waals surface area contributed by atoms with Gasteiger partial charge in [0, 0.05) is 46.3 Å². The maximum absolute atomic E-state index is 12.0. The Kier molecular flexibility index (Phi) is 7.00. The Morgan fingerprint density at radius 2 is 2.00 bits per heavy atom. The van der Waals surface area contributed by atoms with E-state index in [2.05, 4.69) is 49.7 Å². The lowest BCUT2D eigenvalue weighted by Gasteiger charge is -2.29. The summed E-state index contributed by atoms with van der Waals surface area (Å²) in [5.74, 6) is 0.899. The van der Waals surface area contributed by atoms with E-state index in [1.807, 2.05) is 27.8 Å². The average Bonchev–Trinajstić information content (AvgIpc) is 3.11. The number of nitrogens with zero attached hydrogens (tertiary/aromatic N) is 3. The van der Waals surface area contributed by atoms with Crippen molar-refractivity contribution in [2.45, 2.75) is 51.8 Å². The third-order valence-corrected chi connectivity index (χ3v) is 5.34. The summed E-state index contributed by atoms with van der Waals surface area (Å²) in [6.07, 6.45) is 1.66. The van der Waals surface area contributed by atoms with Gasteiger partial charge in [0.25, 0.3) is 0 Å². The van der Waals surface area contributed by atoms with Crippen molar-refractivity contribution < 1.29 is 9.53 Å². The number of benzene rings is 1. The van der Waals surface area contributed by atoms with Crippen LogP contribution in [0.5, 0.6) is 0 Å². The summed E-state index contributed by atoms with van der Waals surface area (Å²) >= 11 is 0. The summed E-state index contributed by atoms with van der Waals surface area (Å²) < 4.78 is 5.36. The molecule has 3 rings (SSSR count). The molecule has 1 fully saturated rings. The summed E-state index contributed by atoms with van der Waals surface area (Å²) in [7, 11) is 1.81. The molecule has 0 spiro atoms. The number of aliphatic imine (C=N–C) groups is 1. The van der Waals surface area contributed by atoms with Crippen molar-refractivity contribution >= 4 is 12.1 Å². The van der Waals surface area contributed by atoms with Crippen LogP contribution in [0.1, 0.15) is 38.3 Å². The molecular weight excluding hydrogens is 366 g/mol. The molecule has 0 saturated carbocycles. The van der Waals surface area contributed by atoms with Gasteiger partial charge in [0.05, 0.1) is 6.04 Å². The zero-order chi connectivity index (χ0) is 20.9. The number of ether oxygens (including phenoxy) is 1. The van der Waals surface area contributed by atoms with Crippen LogP contribution < -0.4 is 10.6 Å². The molecule has 7 heteroatoms. The summed E-state index contributed by atoms with van der Waals surface area (Å²) in [6.45, 7) is 11.2. The molecule has 1 atom stereocenters. The molecule has 1 saturated heterocycles. The predicted octanol–water partition coefficient (Wildman–Crippen LogP) is 2.22. The molecule has 0 bridgehead atoms. The van der Waals surface area contributed by atoms with Crippen LogP contribution in [0.25, 0.3) is 0 Å². The maximum atomic E-state index is 12.0. The number of guanidine groups is 1. The van der Waals surface area contributed by atoms with Crippen molar-refractivity contribution in [3.05, 3.63) is 35.4 Å². The number of rotatable bonds is 4. The highest BCUT2D eigenvalue weighted by Gasteiger charge is 2.28. The van der Waals surface area contributed by atoms with Crippen molar-refractivity contribution in [3.63, 3.8) is 0 Å². The number of likely N-dealkylation sites (tertiary alicyclic amines) is 1. The Hall–Kier alpha value is -2.28. The SMILES string of the molecule is CN=C(NCCN1CCc2ccccc2C1)N1CCC(NC(=O)OC(C)(C)C)C1. The molecule has 7 nitrogen and oxygen atoms in total. The number of amides is 1. The first-order chi connectivity index (χ1) is 13.8. The molecule has 0 radical (unpaired) electrons. The molecule has 0 aliphatic carbocycles. The topological polar surface area (TPSA) is 69.2 Å². The fourth-order valence-corrected chi connectivity index (χ4v) is 3.95. The second-order valence-electron chi connectivity index (χ2n) is 8.85. The van der Waals surface area contributed by atoms with Crippen LogP contribution >= 0.6 is 0 Å². The van der Waals surface area contributed by atoms with Gasteiger partial charge >= 0.3 is 6.09 Å². The first-order valence-electron chi connectivity index (χ1n) is 10.6. The lowest BCUT2D eigenvalue weighted by molar-refractivity contribution is 0.0507. The highest BCUT2D eigenvalue weighted by atomic mass is 16.6. The Balaban J connectivity index is 1.40. The second-order valence-corrected chi connectivity index (χ2v) is 8.85.